The van der Waals surface area contributed by atoms with Crippen molar-refractivity contribution in [3.63, 3.8) is 0 Å². The SMILES string of the molecule is Cc1ccc2occ(/C=C/c3nc4ccccc4c(=O)n3-c3ccccc3)c(=O)c2c1. The standard InChI is InChI=1S/C26H18N2O3/c1-17-11-13-23-21(15-17)25(29)18(16-31-23)12-14-24-27-22-10-6-5-9-20(22)26(30)28(24)19-7-3-2-4-8-19/h2-16H,1H3/b14-12+. The van der Waals surface area contributed by atoms with Crippen LogP contribution in [-0.2, 0) is 0 Å². The lowest BCUT2D eigenvalue weighted by atomic mass is 10.1. The third-order valence-electron chi connectivity index (χ3n) is 5.18. The highest BCUT2D eigenvalue weighted by atomic mass is 16.3. The molecule has 0 aliphatic carbocycles. The predicted octanol–water partition coefficient (Wildman–Crippen LogP) is 4.97. The van der Waals surface area contributed by atoms with E-state index in [9.17, 15) is 9.59 Å². The molecular weight excluding hydrogens is 388 g/mol. The minimum absolute atomic E-state index is 0.129. The second-order valence-corrected chi connectivity index (χ2v) is 7.32. The number of benzene rings is 3. The Balaban J connectivity index is 1.71. The Bertz CT molecular complexity index is 1580. The molecule has 0 saturated carbocycles. The van der Waals surface area contributed by atoms with Crippen molar-refractivity contribution < 1.29 is 4.42 Å². The minimum atomic E-state index is -0.169. The maximum atomic E-state index is 13.2. The van der Waals surface area contributed by atoms with Crippen LogP contribution in [0.4, 0.5) is 0 Å². The molecule has 0 radical (unpaired) electrons. The van der Waals surface area contributed by atoms with Gasteiger partial charge in [-0.2, -0.15) is 0 Å². The van der Waals surface area contributed by atoms with Crippen LogP contribution in [0.1, 0.15) is 17.0 Å². The van der Waals surface area contributed by atoms with Crippen LogP contribution < -0.4 is 11.0 Å². The molecule has 0 amide bonds. The zero-order valence-electron chi connectivity index (χ0n) is 16.8. The molecule has 0 N–H and O–H groups in total. The van der Waals surface area contributed by atoms with Gasteiger partial charge in [-0.15, -0.1) is 0 Å². The first-order valence-corrected chi connectivity index (χ1v) is 9.89. The van der Waals surface area contributed by atoms with Crippen molar-refractivity contribution in [1.29, 1.82) is 0 Å². The molecular formula is C26H18N2O3. The van der Waals surface area contributed by atoms with Gasteiger partial charge in [-0.05, 0) is 55.5 Å². The Kier molecular flexibility index (Phi) is 4.56. The van der Waals surface area contributed by atoms with E-state index in [1.807, 2.05) is 61.5 Å². The lowest BCUT2D eigenvalue weighted by molar-refractivity contribution is 0.601. The Morgan fingerprint density at radius 3 is 2.48 bits per heavy atom. The maximum Gasteiger partial charge on any atom is 0.266 e. The van der Waals surface area contributed by atoms with Crippen LogP contribution in [0.5, 0.6) is 0 Å². The van der Waals surface area contributed by atoms with Crippen LogP contribution in [0.2, 0.25) is 0 Å². The Hall–Kier alpha value is -4.25. The molecule has 31 heavy (non-hydrogen) atoms. The number of aromatic nitrogens is 2. The summed E-state index contributed by atoms with van der Waals surface area (Å²) in [6.07, 6.45) is 4.75. The van der Waals surface area contributed by atoms with Crippen molar-refractivity contribution in [3.05, 3.63) is 117 Å². The van der Waals surface area contributed by atoms with Gasteiger partial charge in [0.25, 0.3) is 5.56 Å². The molecule has 2 aromatic heterocycles. The predicted molar refractivity (Wildman–Crippen MR) is 123 cm³/mol. The largest absolute Gasteiger partial charge is 0.463 e. The molecule has 150 valence electrons. The van der Waals surface area contributed by atoms with Crippen molar-refractivity contribution in [2.24, 2.45) is 0 Å². The summed E-state index contributed by atoms with van der Waals surface area (Å²) in [6, 6.07) is 22.0. The Morgan fingerprint density at radius 1 is 0.871 bits per heavy atom. The number of hydrogen-bond donors (Lipinski definition) is 0. The van der Waals surface area contributed by atoms with Crippen molar-refractivity contribution in [3.8, 4) is 5.69 Å². The fraction of sp³-hybridized carbons (Fsp3) is 0.0385. The molecule has 5 nitrogen and oxygen atoms in total. The van der Waals surface area contributed by atoms with Crippen LogP contribution in [0.3, 0.4) is 0 Å². The second-order valence-electron chi connectivity index (χ2n) is 7.32. The number of para-hydroxylation sites is 2. The molecule has 5 aromatic rings. The van der Waals surface area contributed by atoms with Gasteiger partial charge >= 0.3 is 0 Å². The molecule has 3 aromatic carbocycles. The summed E-state index contributed by atoms with van der Waals surface area (Å²) < 4.78 is 7.18. The van der Waals surface area contributed by atoms with Gasteiger partial charge in [0.2, 0.25) is 0 Å². The average molecular weight is 406 g/mol. The van der Waals surface area contributed by atoms with E-state index < -0.39 is 0 Å². The molecule has 0 saturated heterocycles. The number of fused-ring (bicyclic) bond motifs is 2. The highest BCUT2D eigenvalue weighted by molar-refractivity contribution is 5.82. The molecule has 0 spiro atoms. The minimum Gasteiger partial charge on any atom is -0.463 e. The number of hydrogen-bond acceptors (Lipinski definition) is 4. The fourth-order valence-corrected chi connectivity index (χ4v) is 3.63. The molecule has 2 heterocycles. The first kappa shape index (κ1) is 18.8. The lowest BCUT2D eigenvalue weighted by Gasteiger charge is -2.11. The van der Waals surface area contributed by atoms with Gasteiger partial charge in [0.15, 0.2) is 5.43 Å². The summed E-state index contributed by atoms with van der Waals surface area (Å²) in [5.41, 5.74) is 2.91. The van der Waals surface area contributed by atoms with E-state index in [1.165, 1.54) is 6.26 Å². The van der Waals surface area contributed by atoms with E-state index >= 15 is 0 Å². The Labute approximate surface area is 177 Å². The van der Waals surface area contributed by atoms with Crippen LogP contribution in [-0.4, -0.2) is 9.55 Å². The molecule has 0 bridgehead atoms. The number of aryl methyl sites for hydroxylation is 1. The molecule has 0 fully saturated rings. The van der Waals surface area contributed by atoms with Crippen LogP contribution >= 0.6 is 0 Å². The van der Waals surface area contributed by atoms with Gasteiger partial charge in [-0.3, -0.25) is 14.2 Å². The molecule has 0 atom stereocenters. The van der Waals surface area contributed by atoms with Crippen LogP contribution in [0.25, 0.3) is 39.7 Å². The van der Waals surface area contributed by atoms with E-state index in [4.69, 9.17) is 4.42 Å². The topological polar surface area (TPSA) is 65.1 Å². The molecule has 5 rings (SSSR count). The van der Waals surface area contributed by atoms with Gasteiger partial charge in [-0.1, -0.05) is 42.0 Å². The molecule has 0 aliphatic rings. The smallest absolute Gasteiger partial charge is 0.266 e. The quantitative estimate of drug-likeness (QED) is 0.424. The van der Waals surface area contributed by atoms with Gasteiger partial charge in [0.1, 0.15) is 17.7 Å². The molecule has 0 aliphatic heterocycles. The second kappa shape index (κ2) is 7.54. The highest BCUT2D eigenvalue weighted by Gasteiger charge is 2.11. The van der Waals surface area contributed by atoms with Crippen LogP contribution in [0, 0.1) is 6.92 Å². The average Bonchev–Trinajstić information content (AvgIpc) is 2.80. The maximum absolute atomic E-state index is 13.2. The van der Waals surface area contributed by atoms with Gasteiger partial charge < -0.3 is 4.42 Å². The fourth-order valence-electron chi connectivity index (χ4n) is 3.63. The van der Waals surface area contributed by atoms with Crippen molar-refractivity contribution >= 4 is 34.0 Å². The zero-order chi connectivity index (χ0) is 21.4. The van der Waals surface area contributed by atoms with Crippen molar-refractivity contribution in [1.82, 2.24) is 9.55 Å². The first-order chi connectivity index (χ1) is 15.1. The van der Waals surface area contributed by atoms with E-state index in [0.29, 0.717) is 38.9 Å². The summed E-state index contributed by atoms with van der Waals surface area (Å²) in [5, 5.41) is 1.05. The third-order valence-corrected chi connectivity index (χ3v) is 5.18. The van der Waals surface area contributed by atoms with E-state index in [1.54, 1.807) is 34.9 Å². The summed E-state index contributed by atoms with van der Waals surface area (Å²) in [5.74, 6) is 0.429. The van der Waals surface area contributed by atoms with Crippen molar-refractivity contribution in [2.45, 2.75) is 6.92 Å². The summed E-state index contributed by atoms with van der Waals surface area (Å²) >= 11 is 0. The van der Waals surface area contributed by atoms with E-state index in [0.717, 1.165) is 5.56 Å². The summed E-state index contributed by atoms with van der Waals surface area (Å²) in [6.45, 7) is 1.93. The zero-order valence-corrected chi connectivity index (χ0v) is 16.8. The first-order valence-electron chi connectivity index (χ1n) is 9.89. The van der Waals surface area contributed by atoms with Crippen molar-refractivity contribution in [2.75, 3.05) is 0 Å². The highest BCUT2D eigenvalue weighted by Crippen LogP contribution is 2.17. The van der Waals surface area contributed by atoms with E-state index in [-0.39, 0.29) is 11.0 Å². The normalized spacial score (nSPS) is 11.5. The molecule has 5 heteroatoms. The van der Waals surface area contributed by atoms with Gasteiger partial charge in [0.05, 0.1) is 27.5 Å². The summed E-state index contributed by atoms with van der Waals surface area (Å²) in [7, 11) is 0. The Morgan fingerprint density at radius 2 is 1.65 bits per heavy atom. The lowest BCUT2D eigenvalue weighted by Crippen LogP contribution is -2.22. The third kappa shape index (κ3) is 3.36. The van der Waals surface area contributed by atoms with Crippen LogP contribution in [0.15, 0.2) is 93.1 Å². The van der Waals surface area contributed by atoms with Gasteiger partial charge in [0, 0.05) is 0 Å². The molecule has 0 unspecified atom stereocenters. The van der Waals surface area contributed by atoms with E-state index in [2.05, 4.69) is 4.98 Å². The van der Waals surface area contributed by atoms with Gasteiger partial charge in [-0.25, -0.2) is 4.98 Å². The number of rotatable bonds is 3. The monoisotopic (exact) mass is 406 g/mol. The summed E-state index contributed by atoms with van der Waals surface area (Å²) in [4.78, 5) is 30.9. The number of nitrogens with zero attached hydrogens (tertiary/aromatic N) is 2.